The summed E-state index contributed by atoms with van der Waals surface area (Å²) in [5.74, 6) is 1.38. The van der Waals surface area contributed by atoms with E-state index in [-0.39, 0.29) is 43.5 Å². The number of imide groups is 1. The van der Waals surface area contributed by atoms with E-state index >= 15 is 0 Å². The minimum atomic E-state index is -0.359. The van der Waals surface area contributed by atoms with Crippen LogP contribution in [0.5, 0.6) is 17.2 Å². The summed E-state index contributed by atoms with van der Waals surface area (Å²) in [6.07, 6.45) is 3.53. The summed E-state index contributed by atoms with van der Waals surface area (Å²) in [5, 5.41) is 3.42. The highest BCUT2D eigenvalue weighted by molar-refractivity contribution is 8.18. The van der Waals surface area contributed by atoms with Crippen LogP contribution in [0.15, 0.2) is 71.8 Å². The predicted octanol–water partition coefficient (Wildman–Crippen LogP) is 5.74. The van der Waals surface area contributed by atoms with Gasteiger partial charge in [-0.25, -0.2) is 0 Å². The molecule has 4 aromatic rings. The third-order valence-electron chi connectivity index (χ3n) is 6.87. The molecule has 0 aliphatic carbocycles. The number of carbonyl (C=O) groups excluding carboxylic acids is 3. The second-order valence-corrected chi connectivity index (χ2v) is 10.8. The van der Waals surface area contributed by atoms with Crippen molar-refractivity contribution in [2.45, 2.75) is 20.4 Å². The number of thioether (sulfide) groups is 1. The average Bonchev–Trinajstić information content (AvgIpc) is 3.63. The molecular formula is C31H27N3O6S. The number of hydrogen-bond acceptors (Lipinski definition) is 7. The molecule has 3 amide bonds. The number of aryl methyl sites for hydroxylation is 2. The smallest absolute Gasteiger partial charge is 0.293 e. The number of para-hydroxylation sites is 1. The zero-order valence-corrected chi connectivity index (χ0v) is 23.3. The topological polar surface area (TPSA) is 99.1 Å². The van der Waals surface area contributed by atoms with Crippen LogP contribution in [0, 0.1) is 13.8 Å². The molecule has 1 N–H and O–H groups in total. The minimum Gasteiger partial charge on any atom is -0.491 e. The molecule has 2 aliphatic heterocycles. The van der Waals surface area contributed by atoms with Crippen LogP contribution in [-0.2, 0) is 16.1 Å². The standard InChI is InChI=1S/C31H27N3O6S/c1-19-7-8-20(2)26(13-19)38-12-11-34-30(36)28(41-31(34)37)14-21-16-33(24-6-4-3-5-23(21)24)17-29(35)32-22-9-10-25-27(15-22)40-18-39-25/h3-10,13-16H,11-12,17-18H2,1-2H3,(H,32,35)/b28-14-. The van der Waals surface area contributed by atoms with E-state index in [2.05, 4.69) is 5.32 Å². The van der Waals surface area contributed by atoms with Gasteiger partial charge in [0.05, 0.1) is 11.4 Å². The van der Waals surface area contributed by atoms with Crippen LogP contribution in [0.4, 0.5) is 10.5 Å². The summed E-state index contributed by atoms with van der Waals surface area (Å²) in [6, 6.07) is 18.8. The molecule has 208 valence electrons. The molecule has 0 unspecified atom stereocenters. The molecule has 2 aliphatic rings. The van der Waals surface area contributed by atoms with Gasteiger partial charge in [0.25, 0.3) is 11.1 Å². The number of nitrogens with one attached hydrogen (secondary N) is 1. The van der Waals surface area contributed by atoms with Gasteiger partial charge in [-0.3, -0.25) is 19.3 Å². The molecule has 9 nitrogen and oxygen atoms in total. The first-order valence-electron chi connectivity index (χ1n) is 13.1. The van der Waals surface area contributed by atoms with Gasteiger partial charge in [0.2, 0.25) is 12.7 Å². The van der Waals surface area contributed by atoms with Crippen molar-refractivity contribution in [1.82, 2.24) is 9.47 Å². The number of hydrogen-bond donors (Lipinski definition) is 1. The molecule has 41 heavy (non-hydrogen) atoms. The number of anilines is 1. The number of nitrogens with zero attached hydrogens (tertiary/aromatic N) is 2. The fraction of sp³-hybridized carbons (Fsp3) is 0.194. The second kappa shape index (κ2) is 11.1. The fourth-order valence-electron chi connectivity index (χ4n) is 4.79. The van der Waals surface area contributed by atoms with Gasteiger partial charge in [-0.05, 0) is 67.1 Å². The third kappa shape index (κ3) is 5.51. The Morgan fingerprint density at radius 3 is 2.76 bits per heavy atom. The molecular weight excluding hydrogens is 542 g/mol. The lowest BCUT2D eigenvalue weighted by Crippen LogP contribution is -2.32. The molecule has 3 aromatic carbocycles. The van der Waals surface area contributed by atoms with Crippen molar-refractivity contribution >= 4 is 51.5 Å². The summed E-state index contributed by atoms with van der Waals surface area (Å²) in [6.45, 7) is 4.50. The highest BCUT2D eigenvalue weighted by Crippen LogP contribution is 2.35. The first-order valence-corrected chi connectivity index (χ1v) is 13.9. The fourth-order valence-corrected chi connectivity index (χ4v) is 5.65. The van der Waals surface area contributed by atoms with Crippen molar-refractivity contribution in [3.05, 3.63) is 88.5 Å². The van der Waals surface area contributed by atoms with Crippen molar-refractivity contribution in [2.24, 2.45) is 0 Å². The first-order chi connectivity index (χ1) is 19.9. The molecule has 1 saturated heterocycles. The quantitative estimate of drug-likeness (QED) is 0.270. The number of ether oxygens (including phenoxy) is 3. The lowest BCUT2D eigenvalue weighted by atomic mass is 10.1. The van der Waals surface area contributed by atoms with E-state index in [1.54, 1.807) is 24.3 Å². The zero-order chi connectivity index (χ0) is 28.5. The zero-order valence-electron chi connectivity index (χ0n) is 22.5. The highest BCUT2D eigenvalue weighted by Gasteiger charge is 2.35. The van der Waals surface area contributed by atoms with E-state index in [4.69, 9.17) is 14.2 Å². The largest absolute Gasteiger partial charge is 0.491 e. The Labute approximate surface area is 240 Å². The third-order valence-corrected chi connectivity index (χ3v) is 7.77. The molecule has 0 spiro atoms. The van der Waals surface area contributed by atoms with E-state index < -0.39 is 0 Å². The lowest BCUT2D eigenvalue weighted by Gasteiger charge is -2.14. The summed E-state index contributed by atoms with van der Waals surface area (Å²) in [4.78, 5) is 40.3. The maximum atomic E-state index is 13.2. The van der Waals surface area contributed by atoms with Crippen molar-refractivity contribution in [3.63, 3.8) is 0 Å². The Hall–Kier alpha value is -4.70. The molecule has 0 radical (unpaired) electrons. The van der Waals surface area contributed by atoms with E-state index in [1.807, 2.05) is 67.1 Å². The number of rotatable bonds is 8. The molecule has 0 saturated carbocycles. The van der Waals surface area contributed by atoms with Gasteiger partial charge in [0.15, 0.2) is 11.5 Å². The normalized spacial score (nSPS) is 15.3. The molecule has 3 heterocycles. The van der Waals surface area contributed by atoms with Gasteiger partial charge in [-0.2, -0.15) is 0 Å². The first kappa shape index (κ1) is 26.5. The number of benzene rings is 3. The van der Waals surface area contributed by atoms with Crippen LogP contribution in [0.2, 0.25) is 0 Å². The van der Waals surface area contributed by atoms with Crippen LogP contribution in [0.25, 0.3) is 17.0 Å². The van der Waals surface area contributed by atoms with Gasteiger partial charge in [-0.15, -0.1) is 0 Å². The highest BCUT2D eigenvalue weighted by atomic mass is 32.2. The Morgan fingerprint density at radius 2 is 1.88 bits per heavy atom. The van der Waals surface area contributed by atoms with Crippen molar-refractivity contribution < 1.29 is 28.6 Å². The molecule has 0 bridgehead atoms. The minimum absolute atomic E-state index is 0.0555. The predicted molar refractivity (Wildman–Crippen MR) is 157 cm³/mol. The van der Waals surface area contributed by atoms with Gasteiger partial charge in [0, 0.05) is 34.4 Å². The van der Waals surface area contributed by atoms with E-state index in [1.165, 1.54) is 4.90 Å². The van der Waals surface area contributed by atoms with Crippen LogP contribution in [0.3, 0.4) is 0 Å². The average molecular weight is 570 g/mol. The lowest BCUT2D eigenvalue weighted by molar-refractivity contribution is -0.123. The van der Waals surface area contributed by atoms with Crippen molar-refractivity contribution in [2.75, 3.05) is 25.3 Å². The number of fused-ring (bicyclic) bond motifs is 2. The second-order valence-electron chi connectivity index (χ2n) is 9.80. The maximum absolute atomic E-state index is 13.2. The Morgan fingerprint density at radius 1 is 1.05 bits per heavy atom. The molecule has 1 aromatic heterocycles. The van der Waals surface area contributed by atoms with E-state index in [9.17, 15) is 14.4 Å². The number of amides is 3. The van der Waals surface area contributed by atoms with E-state index in [0.29, 0.717) is 22.1 Å². The van der Waals surface area contributed by atoms with E-state index in [0.717, 1.165) is 45.1 Å². The molecule has 0 atom stereocenters. The number of carbonyl (C=O) groups is 3. The van der Waals surface area contributed by atoms with Crippen LogP contribution < -0.4 is 19.5 Å². The maximum Gasteiger partial charge on any atom is 0.293 e. The monoisotopic (exact) mass is 569 g/mol. The van der Waals surface area contributed by atoms with Gasteiger partial charge < -0.3 is 24.1 Å². The van der Waals surface area contributed by atoms with Crippen molar-refractivity contribution in [1.29, 1.82) is 0 Å². The van der Waals surface area contributed by atoms with Gasteiger partial charge in [-0.1, -0.05) is 30.3 Å². The SMILES string of the molecule is Cc1ccc(C)c(OCCN2C(=O)S/C(=C\c3cn(CC(=O)Nc4ccc5c(c4)OCO5)c4ccccc34)C2=O)c1. The van der Waals surface area contributed by atoms with Crippen molar-refractivity contribution in [3.8, 4) is 17.2 Å². The molecule has 1 fully saturated rings. The summed E-state index contributed by atoms with van der Waals surface area (Å²) >= 11 is 0.904. The summed E-state index contributed by atoms with van der Waals surface area (Å²) < 4.78 is 18.4. The van der Waals surface area contributed by atoms with Gasteiger partial charge >= 0.3 is 0 Å². The number of aromatic nitrogens is 1. The molecule has 6 rings (SSSR count). The van der Waals surface area contributed by atoms with Crippen LogP contribution in [-0.4, -0.2) is 46.5 Å². The Kier molecular flexibility index (Phi) is 7.15. The summed E-state index contributed by atoms with van der Waals surface area (Å²) in [5.41, 5.74) is 4.25. The van der Waals surface area contributed by atoms with Gasteiger partial charge in [0.1, 0.15) is 18.9 Å². The Bertz CT molecular complexity index is 1730. The molecule has 10 heteroatoms. The van der Waals surface area contributed by atoms with Crippen LogP contribution >= 0.6 is 11.8 Å². The Balaban J connectivity index is 1.16. The van der Waals surface area contributed by atoms with Crippen LogP contribution in [0.1, 0.15) is 16.7 Å². The summed E-state index contributed by atoms with van der Waals surface area (Å²) in [7, 11) is 0.